The first-order valence-corrected chi connectivity index (χ1v) is 11.1. The molecule has 7 heteroatoms. The van der Waals surface area contributed by atoms with Crippen LogP contribution in [0.1, 0.15) is 18.1 Å². The standard InChI is InChI=1S/C25H31N5O2/c1-17-14-20(30-12-10-29(3)11-13-30)8-9-22(17)28-25(32)24(27-18(2)31)15-19-16-26-23-7-5-4-6-21(19)23/h4-9,14,16,24,26H,10-13,15H2,1-3H3,(H,27,31)(H,28,32). The summed E-state index contributed by atoms with van der Waals surface area (Å²) in [6, 6.07) is 13.4. The van der Waals surface area contributed by atoms with Crippen LogP contribution in [0.15, 0.2) is 48.7 Å². The van der Waals surface area contributed by atoms with E-state index in [2.05, 4.69) is 44.6 Å². The molecule has 32 heavy (non-hydrogen) atoms. The monoisotopic (exact) mass is 433 g/mol. The number of fused-ring (bicyclic) bond motifs is 1. The van der Waals surface area contributed by atoms with Crippen molar-refractivity contribution in [1.82, 2.24) is 15.2 Å². The fourth-order valence-electron chi connectivity index (χ4n) is 4.24. The number of nitrogens with one attached hydrogen (secondary N) is 3. The predicted molar refractivity (Wildman–Crippen MR) is 129 cm³/mol. The van der Waals surface area contributed by atoms with Crippen LogP contribution in [0.5, 0.6) is 0 Å². The fourth-order valence-corrected chi connectivity index (χ4v) is 4.24. The summed E-state index contributed by atoms with van der Waals surface area (Å²) < 4.78 is 0. The third-order valence-corrected chi connectivity index (χ3v) is 6.13. The lowest BCUT2D eigenvalue weighted by Crippen LogP contribution is -2.44. The summed E-state index contributed by atoms with van der Waals surface area (Å²) in [6.45, 7) is 7.52. The van der Waals surface area contributed by atoms with Gasteiger partial charge in [-0.1, -0.05) is 18.2 Å². The number of rotatable bonds is 6. The number of H-pyrrole nitrogens is 1. The number of piperazine rings is 1. The van der Waals surface area contributed by atoms with Gasteiger partial charge in [0.05, 0.1) is 0 Å². The van der Waals surface area contributed by atoms with E-state index in [1.54, 1.807) is 0 Å². The Hall–Kier alpha value is -3.32. The second kappa shape index (κ2) is 9.44. The molecule has 1 fully saturated rings. The molecule has 0 spiro atoms. The lowest BCUT2D eigenvalue weighted by molar-refractivity contribution is -0.125. The molecule has 3 aromatic rings. The zero-order valence-electron chi connectivity index (χ0n) is 18.9. The molecule has 2 amide bonds. The van der Waals surface area contributed by atoms with Gasteiger partial charge in [-0.25, -0.2) is 0 Å². The minimum atomic E-state index is -0.664. The van der Waals surface area contributed by atoms with E-state index in [1.807, 2.05) is 43.5 Å². The minimum absolute atomic E-state index is 0.221. The summed E-state index contributed by atoms with van der Waals surface area (Å²) in [4.78, 5) is 32.9. The van der Waals surface area contributed by atoms with Crippen LogP contribution in [0.2, 0.25) is 0 Å². The van der Waals surface area contributed by atoms with Crippen molar-refractivity contribution in [3.8, 4) is 0 Å². The SMILES string of the molecule is CC(=O)NC(Cc1c[nH]c2ccccc12)C(=O)Nc1ccc(N2CCN(C)CC2)cc1C. The average molecular weight is 434 g/mol. The van der Waals surface area contributed by atoms with Gasteiger partial charge in [0, 0.05) is 68.0 Å². The zero-order valence-corrected chi connectivity index (χ0v) is 18.9. The number of benzene rings is 2. The van der Waals surface area contributed by atoms with Crippen molar-refractivity contribution < 1.29 is 9.59 Å². The maximum atomic E-state index is 13.1. The van der Waals surface area contributed by atoms with Gasteiger partial charge in [0.15, 0.2) is 0 Å². The van der Waals surface area contributed by atoms with Crippen LogP contribution in [-0.2, 0) is 16.0 Å². The molecule has 4 rings (SSSR count). The van der Waals surface area contributed by atoms with Crippen molar-refractivity contribution in [3.05, 3.63) is 59.8 Å². The lowest BCUT2D eigenvalue weighted by atomic mass is 10.0. The van der Waals surface area contributed by atoms with Crippen LogP contribution >= 0.6 is 0 Å². The Labute approximate surface area is 188 Å². The summed E-state index contributed by atoms with van der Waals surface area (Å²) in [5.41, 5.74) is 4.95. The maximum absolute atomic E-state index is 13.1. The molecule has 0 saturated carbocycles. The normalized spacial score (nSPS) is 15.5. The molecule has 2 aromatic carbocycles. The number of aromatic amines is 1. The van der Waals surface area contributed by atoms with E-state index >= 15 is 0 Å². The number of carbonyl (C=O) groups excluding carboxylic acids is 2. The summed E-state index contributed by atoms with van der Waals surface area (Å²) in [7, 11) is 2.14. The number of anilines is 2. The highest BCUT2D eigenvalue weighted by atomic mass is 16.2. The van der Waals surface area contributed by atoms with Crippen molar-refractivity contribution in [2.75, 3.05) is 43.4 Å². The van der Waals surface area contributed by atoms with Crippen molar-refractivity contribution in [2.45, 2.75) is 26.3 Å². The van der Waals surface area contributed by atoms with Crippen LogP contribution in [0.4, 0.5) is 11.4 Å². The number of carbonyl (C=O) groups is 2. The maximum Gasteiger partial charge on any atom is 0.247 e. The summed E-state index contributed by atoms with van der Waals surface area (Å²) in [5, 5.41) is 6.89. The molecule has 168 valence electrons. The van der Waals surface area contributed by atoms with Gasteiger partial charge in [-0.15, -0.1) is 0 Å². The topological polar surface area (TPSA) is 80.5 Å². The molecular weight excluding hydrogens is 402 g/mol. The molecule has 7 nitrogen and oxygen atoms in total. The molecular formula is C25H31N5O2. The Balaban J connectivity index is 1.48. The van der Waals surface area contributed by atoms with Gasteiger partial charge in [-0.3, -0.25) is 9.59 Å². The molecule has 1 aliphatic rings. The first kappa shape index (κ1) is 21.9. The number of amides is 2. The van der Waals surface area contributed by atoms with Gasteiger partial charge in [0.1, 0.15) is 6.04 Å². The van der Waals surface area contributed by atoms with E-state index in [0.29, 0.717) is 6.42 Å². The molecule has 2 heterocycles. The van der Waals surface area contributed by atoms with E-state index < -0.39 is 6.04 Å². The number of aryl methyl sites for hydroxylation is 1. The molecule has 1 unspecified atom stereocenters. The molecule has 0 aliphatic carbocycles. The minimum Gasteiger partial charge on any atom is -0.369 e. The van der Waals surface area contributed by atoms with Crippen molar-refractivity contribution in [1.29, 1.82) is 0 Å². The molecule has 1 aliphatic heterocycles. The van der Waals surface area contributed by atoms with Crippen LogP contribution < -0.4 is 15.5 Å². The second-order valence-corrected chi connectivity index (χ2v) is 8.60. The fraction of sp³-hybridized carbons (Fsp3) is 0.360. The van der Waals surface area contributed by atoms with E-state index in [-0.39, 0.29) is 11.8 Å². The predicted octanol–water partition coefficient (Wildman–Crippen LogP) is 2.91. The van der Waals surface area contributed by atoms with Gasteiger partial charge < -0.3 is 25.4 Å². The van der Waals surface area contributed by atoms with Gasteiger partial charge in [-0.2, -0.15) is 0 Å². The lowest BCUT2D eigenvalue weighted by Gasteiger charge is -2.34. The van der Waals surface area contributed by atoms with Crippen molar-refractivity contribution in [2.24, 2.45) is 0 Å². The number of para-hydroxylation sites is 1. The largest absolute Gasteiger partial charge is 0.369 e. The van der Waals surface area contributed by atoms with Gasteiger partial charge in [-0.05, 0) is 49.4 Å². The number of hydrogen-bond donors (Lipinski definition) is 3. The molecule has 1 atom stereocenters. The van der Waals surface area contributed by atoms with Crippen LogP contribution in [-0.4, -0.2) is 61.0 Å². The number of hydrogen-bond acceptors (Lipinski definition) is 4. The highest BCUT2D eigenvalue weighted by molar-refractivity contribution is 5.98. The van der Waals surface area contributed by atoms with Crippen molar-refractivity contribution >= 4 is 34.1 Å². The Bertz CT molecular complexity index is 1110. The summed E-state index contributed by atoms with van der Waals surface area (Å²) in [6.07, 6.45) is 2.32. The van der Waals surface area contributed by atoms with E-state index in [0.717, 1.165) is 53.9 Å². The summed E-state index contributed by atoms with van der Waals surface area (Å²) >= 11 is 0. The van der Waals surface area contributed by atoms with Crippen LogP contribution in [0, 0.1) is 6.92 Å². The number of likely N-dealkylation sites (N-methyl/N-ethyl adjacent to an activating group) is 1. The number of nitrogens with zero attached hydrogens (tertiary/aromatic N) is 2. The Morgan fingerprint density at radius 1 is 1.09 bits per heavy atom. The molecule has 3 N–H and O–H groups in total. The van der Waals surface area contributed by atoms with E-state index in [4.69, 9.17) is 0 Å². The van der Waals surface area contributed by atoms with Gasteiger partial charge in [0.25, 0.3) is 0 Å². The Morgan fingerprint density at radius 2 is 1.84 bits per heavy atom. The summed E-state index contributed by atoms with van der Waals surface area (Å²) in [5.74, 6) is -0.451. The zero-order chi connectivity index (χ0) is 22.7. The number of aromatic nitrogens is 1. The third kappa shape index (κ3) is 4.94. The third-order valence-electron chi connectivity index (χ3n) is 6.13. The van der Waals surface area contributed by atoms with Crippen molar-refractivity contribution in [3.63, 3.8) is 0 Å². The smallest absolute Gasteiger partial charge is 0.247 e. The van der Waals surface area contributed by atoms with Gasteiger partial charge >= 0.3 is 0 Å². The first-order chi connectivity index (χ1) is 15.4. The second-order valence-electron chi connectivity index (χ2n) is 8.60. The first-order valence-electron chi connectivity index (χ1n) is 11.1. The Morgan fingerprint density at radius 3 is 2.56 bits per heavy atom. The molecule has 0 radical (unpaired) electrons. The van der Waals surface area contributed by atoms with Crippen LogP contribution in [0.25, 0.3) is 10.9 Å². The quantitative estimate of drug-likeness (QED) is 0.558. The van der Waals surface area contributed by atoms with E-state index in [1.165, 1.54) is 12.6 Å². The molecule has 1 aromatic heterocycles. The molecule has 1 saturated heterocycles. The van der Waals surface area contributed by atoms with E-state index in [9.17, 15) is 9.59 Å². The average Bonchev–Trinajstić information content (AvgIpc) is 3.18. The van der Waals surface area contributed by atoms with Crippen LogP contribution in [0.3, 0.4) is 0 Å². The highest BCUT2D eigenvalue weighted by Gasteiger charge is 2.22. The molecule has 0 bridgehead atoms. The highest BCUT2D eigenvalue weighted by Crippen LogP contribution is 2.24. The van der Waals surface area contributed by atoms with Gasteiger partial charge in [0.2, 0.25) is 11.8 Å². The Kier molecular flexibility index (Phi) is 6.46.